The second-order valence-electron chi connectivity index (χ2n) is 6.63. The van der Waals surface area contributed by atoms with Crippen LogP contribution in [0.3, 0.4) is 0 Å². The van der Waals surface area contributed by atoms with E-state index in [1.54, 1.807) is 0 Å². The van der Waals surface area contributed by atoms with Crippen LogP contribution in [-0.4, -0.2) is 16.7 Å². The topological polar surface area (TPSA) is 51.0 Å². The Labute approximate surface area is 179 Å². The van der Waals surface area contributed by atoms with Gasteiger partial charge in [-0.15, -0.1) is 10.2 Å². The Morgan fingerprint density at radius 3 is 2.14 bits per heavy atom. The van der Waals surface area contributed by atoms with Gasteiger partial charge < -0.3 is 9.73 Å². The summed E-state index contributed by atoms with van der Waals surface area (Å²) in [7, 11) is 0. The smallest absolute Gasteiger partial charge is 0.247 e. The highest BCUT2D eigenvalue weighted by atomic mass is 35.5. The SMILES string of the molecule is Clc1ccc(CCN[C@H](c2ccc(Cl)cc2)c2nnc(-c3ccccc3)o2)cc1. The van der Waals surface area contributed by atoms with E-state index in [0.717, 1.165) is 29.1 Å². The van der Waals surface area contributed by atoms with Crippen LogP contribution in [0.15, 0.2) is 83.3 Å². The quantitative estimate of drug-likeness (QED) is 0.398. The fraction of sp³-hybridized carbons (Fsp3) is 0.130. The van der Waals surface area contributed by atoms with Gasteiger partial charge in [0.25, 0.3) is 0 Å². The summed E-state index contributed by atoms with van der Waals surface area (Å²) in [6, 6.07) is 25.0. The Morgan fingerprint density at radius 2 is 1.45 bits per heavy atom. The van der Waals surface area contributed by atoms with Crippen LogP contribution in [0.4, 0.5) is 0 Å². The molecule has 29 heavy (non-hydrogen) atoms. The van der Waals surface area contributed by atoms with E-state index in [-0.39, 0.29) is 6.04 Å². The zero-order valence-corrected chi connectivity index (χ0v) is 17.1. The Kier molecular flexibility index (Phi) is 6.25. The van der Waals surface area contributed by atoms with Crippen molar-refractivity contribution in [2.75, 3.05) is 6.54 Å². The molecule has 0 unspecified atom stereocenters. The molecule has 4 rings (SSSR count). The van der Waals surface area contributed by atoms with Gasteiger partial charge in [-0.2, -0.15) is 0 Å². The minimum Gasteiger partial charge on any atom is -0.419 e. The summed E-state index contributed by atoms with van der Waals surface area (Å²) in [5.74, 6) is 1.02. The molecule has 1 atom stereocenters. The molecule has 0 aliphatic rings. The molecule has 4 nitrogen and oxygen atoms in total. The van der Waals surface area contributed by atoms with Gasteiger partial charge in [-0.05, 0) is 53.9 Å². The minimum atomic E-state index is -0.232. The van der Waals surface area contributed by atoms with Gasteiger partial charge in [-0.25, -0.2) is 0 Å². The average Bonchev–Trinajstić information content (AvgIpc) is 3.24. The van der Waals surface area contributed by atoms with Crippen molar-refractivity contribution in [2.24, 2.45) is 0 Å². The number of rotatable bonds is 7. The maximum atomic E-state index is 6.06. The molecule has 0 aliphatic heterocycles. The Balaban J connectivity index is 1.54. The van der Waals surface area contributed by atoms with E-state index in [0.29, 0.717) is 16.8 Å². The lowest BCUT2D eigenvalue weighted by atomic mass is 10.1. The fourth-order valence-corrected chi connectivity index (χ4v) is 3.32. The first-order chi connectivity index (χ1) is 14.2. The highest BCUT2D eigenvalue weighted by Gasteiger charge is 2.21. The number of halogens is 2. The van der Waals surface area contributed by atoms with E-state index in [2.05, 4.69) is 15.5 Å². The second kappa shape index (κ2) is 9.23. The van der Waals surface area contributed by atoms with Crippen LogP contribution in [0.1, 0.15) is 23.1 Å². The molecule has 0 fully saturated rings. The lowest BCUT2D eigenvalue weighted by molar-refractivity contribution is 0.440. The van der Waals surface area contributed by atoms with Crippen LogP contribution in [-0.2, 0) is 6.42 Å². The van der Waals surface area contributed by atoms with Crippen molar-refractivity contribution in [1.82, 2.24) is 15.5 Å². The standard InChI is InChI=1S/C23H19Cl2N3O/c24-19-10-6-16(7-11-19)14-15-26-21(17-8-12-20(25)13-9-17)23-28-27-22(29-23)18-4-2-1-3-5-18/h1-13,21,26H,14-15H2/t21-/m1/s1. The third kappa shape index (κ3) is 5.04. The molecule has 1 aromatic heterocycles. The number of nitrogens with zero attached hydrogens (tertiary/aromatic N) is 2. The maximum Gasteiger partial charge on any atom is 0.247 e. The van der Waals surface area contributed by atoms with Gasteiger partial charge >= 0.3 is 0 Å². The van der Waals surface area contributed by atoms with E-state index in [1.165, 1.54) is 5.56 Å². The summed E-state index contributed by atoms with van der Waals surface area (Å²) in [6.45, 7) is 0.734. The first-order valence-electron chi connectivity index (χ1n) is 9.31. The van der Waals surface area contributed by atoms with Crippen molar-refractivity contribution in [3.05, 3.63) is 106 Å². The molecule has 0 bridgehead atoms. The van der Waals surface area contributed by atoms with Crippen molar-refractivity contribution in [3.8, 4) is 11.5 Å². The van der Waals surface area contributed by atoms with Crippen molar-refractivity contribution in [1.29, 1.82) is 0 Å². The molecule has 4 aromatic rings. The van der Waals surface area contributed by atoms with Crippen molar-refractivity contribution in [2.45, 2.75) is 12.5 Å². The van der Waals surface area contributed by atoms with E-state index < -0.39 is 0 Å². The van der Waals surface area contributed by atoms with E-state index in [1.807, 2.05) is 78.9 Å². The van der Waals surface area contributed by atoms with Crippen LogP contribution in [0, 0.1) is 0 Å². The molecule has 1 N–H and O–H groups in total. The molecule has 0 saturated carbocycles. The molecule has 0 spiro atoms. The zero-order valence-electron chi connectivity index (χ0n) is 15.6. The lowest BCUT2D eigenvalue weighted by Gasteiger charge is -2.16. The molecule has 0 saturated heterocycles. The molecular weight excluding hydrogens is 405 g/mol. The molecule has 0 amide bonds. The van der Waals surface area contributed by atoms with Crippen LogP contribution in [0.25, 0.3) is 11.5 Å². The van der Waals surface area contributed by atoms with E-state index >= 15 is 0 Å². The first-order valence-corrected chi connectivity index (χ1v) is 10.1. The summed E-state index contributed by atoms with van der Waals surface area (Å²) in [4.78, 5) is 0. The molecule has 0 radical (unpaired) electrons. The number of hydrogen-bond acceptors (Lipinski definition) is 4. The van der Waals surface area contributed by atoms with Gasteiger partial charge in [0.05, 0.1) is 0 Å². The highest BCUT2D eigenvalue weighted by molar-refractivity contribution is 6.30. The van der Waals surface area contributed by atoms with Crippen LogP contribution >= 0.6 is 23.2 Å². The summed E-state index contributed by atoms with van der Waals surface area (Å²) in [5, 5.41) is 13.5. The zero-order chi connectivity index (χ0) is 20.1. The highest BCUT2D eigenvalue weighted by Crippen LogP contribution is 2.26. The molecule has 6 heteroatoms. The summed E-state index contributed by atoms with van der Waals surface area (Å²) in [5.41, 5.74) is 3.10. The maximum absolute atomic E-state index is 6.06. The normalized spacial score (nSPS) is 12.1. The molecule has 3 aromatic carbocycles. The summed E-state index contributed by atoms with van der Waals surface area (Å²) < 4.78 is 6.00. The number of nitrogens with one attached hydrogen (secondary N) is 1. The van der Waals surface area contributed by atoms with E-state index in [9.17, 15) is 0 Å². The third-order valence-electron chi connectivity index (χ3n) is 4.59. The van der Waals surface area contributed by atoms with Crippen molar-refractivity contribution in [3.63, 3.8) is 0 Å². The number of hydrogen-bond donors (Lipinski definition) is 1. The van der Waals surface area contributed by atoms with Gasteiger partial charge in [0.15, 0.2) is 0 Å². The lowest BCUT2D eigenvalue weighted by Crippen LogP contribution is -2.25. The fourth-order valence-electron chi connectivity index (χ4n) is 3.06. The number of benzene rings is 3. The average molecular weight is 424 g/mol. The monoisotopic (exact) mass is 423 g/mol. The largest absolute Gasteiger partial charge is 0.419 e. The van der Waals surface area contributed by atoms with Gasteiger partial charge in [0.1, 0.15) is 6.04 Å². The Morgan fingerprint density at radius 1 is 0.793 bits per heavy atom. The molecule has 1 heterocycles. The van der Waals surface area contributed by atoms with Crippen LogP contribution < -0.4 is 5.32 Å². The van der Waals surface area contributed by atoms with Gasteiger partial charge in [0.2, 0.25) is 11.8 Å². The van der Waals surface area contributed by atoms with Gasteiger partial charge in [-0.1, -0.05) is 65.7 Å². The predicted octanol–water partition coefficient (Wildman–Crippen LogP) is 5.97. The van der Waals surface area contributed by atoms with Crippen LogP contribution in [0.2, 0.25) is 10.0 Å². The van der Waals surface area contributed by atoms with Crippen molar-refractivity contribution < 1.29 is 4.42 Å². The van der Waals surface area contributed by atoms with Crippen LogP contribution in [0.5, 0.6) is 0 Å². The summed E-state index contributed by atoms with van der Waals surface area (Å²) in [6.07, 6.45) is 0.848. The van der Waals surface area contributed by atoms with Gasteiger partial charge in [0, 0.05) is 22.2 Å². The van der Waals surface area contributed by atoms with E-state index in [4.69, 9.17) is 27.6 Å². The second-order valence-corrected chi connectivity index (χ2v) is 7.50. The molecule has 146 valence electrons. The minimum absolute atomic E-state index is 0.232. The molecule has 0 aliphatic carbocycles. The first kappa shape index (κ1) is 19.6. The summed E-state index contributed by atoms with van der Waals surface area (Å²) >= 11 is 12.0. The third-order valence-corrected chi connectivity index (χ3v) is 5.09. The number of aromatic nitrogens is 2. The predicted molar refractivity (Wildman–Crippen MR) is 116 cm³/mol. The Hall–Kier alpha value is -2.66. The van der Waals surface area contributed by atoms with Crippen molar-refractivity contribution >= 4 is 23.2 Å². The Bertz CT molecular complexity index is 1050. The molecular formula is C23H19Cl2N3O. The van der Waals surface area contributed by atoms with Gasteiger partial charge in [-0.3, -0.25) is 0 Å².